The Morgan fingerprint density at radius 1 is 1.38 bits per heavy atom. The lowest BCUT2D eigenvalue weighted by atomic mass is 10.1. The first-order chi connectivity index (χ1) is 7.67. The van der Waals surface area contributed by atoms with Crippen molar-refractivity contribution in [2.24, 2.45) is 0 Å². The van der Waals surface area contributed by atoms with Crippen LogP contribution in [0, 0.1) is 6.92 Å². The molecule has 1 aromatic carbocycles. The minimum atomic E-state index is 0.929. The number of nitrogens with zero attached hydrogens (tertiary/aromatic N) is 1. The van der Waals surface area contributed by atoms with Crippen molar-refractivity contribution in [3.8, 4) is 5.75 Å². The van der Waals surface area contributed by atoms with Crippen LogP contribution in [-0.4, -0.2) is 31.4 Å². The fourth-order valence-electron chi connectivity index (χ4n) is 1.74. The van der Waals surface area contributed by atoms with Crippen LogP contribution in [-0.2, 0) is 6.54 Å². The maximum Gasteiger partial charge on any atom is 0.123 e. The van der Waals surface area contributed by atoms with E-state index in [2.05, 4.69) is 43.6 Å². The van der Waals surface area contributed by atoms with Crippen LogP contribution in [0.4, 0.5) is 0 Å². The van der Waals surface area contributed by atoms with E-state index in [1.165, 1.54) is 11.1 Å². The average Bonchev–Trinajstić information content (AvgIpc) is 2.27. The van der Waals surface area contributed by atoms with Crippen molar-refractivity contribution in [1.82, 2.24) is 4.90 Å². The van der Waals surface area contributed by atoms with Gasteiger partial charge in [0.05, 0.1) is 7.11 Å². The summed E-state index contributed by atoms with van der Waals surface area (Å²) >= 11 is 4.23. The van der Waals surface area contributed by atoms with Gasteiger partial charge in [-0.1, -0.05) is 17.7 Å². The summed E-state index contributed by atoms with van der Waals surface area (Å²) in [5.41, 5.74) is 2.53. The molecular formula is C13H21NOS. The molecule has 0 aromatic heterocycles. The molecule has 0 saturated heterocycles. The van der Waals surface area contributed by atoms with Crippen LogP contribution >= 0.6 is 12.6 Å². The molecule has 0 unspecified atom stereocenters. The predicted octanol–water partition coefficient (Wildman–Crippen LogP) is 2.76. The second kappa shape index (κ2) is 6.81. The van der Waals surface area contributed by atoms with E-state index in [9.17, 15) is 0 Å². The zero-order valence-corrected chi connectivity index (χ0v) is 11.3. The first-order valence-electron chi connectivity index (χ1n) is 5.60. The van der Waals surface area contributed by atoms with Gasteiger partial charge < -0.3 is 9.64 Å². The molecule has 0 N–H and O–H groups in total. The Morgan fingerprint density at radius 3 is 2.75 bits per heavy atom. The van der Waals surface area contributed by atoms with Gasteiger partial charge in [0.1, 0.15) is 5.75 Å². The van der Waals surface area contributed by atoms with E-state index in [0.29, 0.717) is 0 Å². The molecule has 0 saturated carbocycles. The van der Waals surface area contributed by atoms with E-state index in [-0.39, 0.29) is 0 Å². The van der Waals surface area contributed by atoms with E-state index in [1.54, 1.807) is 7.11 Å². The number of hydrogen-bond donors (Lipinski definition) is 1. The van der Waals surface area contributed by atoms with E-state index >= 15 is 0 Å². The molecular weight excluding hydrogens is 218 g/mol. The van der Waals surface area contributed by atoms with Gasteiger partial charge in [-0.2, -0.15) is 12.6 Å². The zero-order chi connectivity index (χ0) is 12.0. The van der Waals surface area contributed by atoms with Crippen LogP contribution in [0.25, 0.3) is 0 Å². The van der Waals surface area contributed by atoms with Crippen LogP contribution in [0.1, 0.15) is 17.5 Å². The summed E-state index contributed by atoms with van der Waals surface area (Å²) in [6.45, 7) is 4.11. The van der Waals surface area contributed by atoms with Gasteiger partial charge in [-0.25, -0.2) is 0 Å². The summed E-state index contributed by atoms with van der Waals surface area (Å²) in [5, 5.41) is 0. The minimum Gasteiger partial charge on any atom is -0.496 e. The van der Waals surface area contributed by atoms with Gasteiger partial charge >= 0.3 is 0 Å². The Labute approximate surface area is 104 Å². The van der Waals surface area contributed by atoms with Gasteiger partial charge in [-0.15, -0.1) is 0 Å². The first-order valence-corrected chi connectivity index (χ1v) is 6.23. The van der Waals surface area contributed by atoms with E-state index in [1.807, 2.05) is 6.07 Å². The predicted molar refractivity (Wildman–Crippen MR) is 72.5 cm³/mol. The first kappa shape index (κ1) is 13.4. The Hall–Kier alpha value is -0.670. The van der Waals surface area contributed by atoms with Crippen molar-refractivity contribution in [2.45, 2.75) is 19.9 Å². The number of hydrogen-bond acceptors (Lipinski definition) is 3. The molecule has 0 atom stereocenters. The molecule has 1 aromatic rings. The number of ether oxygens (including phenoxy) is 1. The molecule has 0 aliphatic heterocycles. The number of methoxy groups -OCH3 is 1. The van der Waals surface area contributed by atoms with E-state index in [4.69, 9.17) is 4.74 Å². The maximum atomic E-state index is 5.36. The van der Waals surface area contributed by atoms with Crippen molar-refractivity contribution in [2.75, 3.05) is 26.5 Å². The van der Waals surface area contributed by atoms with Gasteiger partial charge in [0.25, 0.3) is 0 Å². The highest BCUT2D eigenvalue weighted by molar-refractivity contribution is 7.80. The fraction of sp³-hybridized carbons (Fsp3) is 0.538. The Morgan fingerprint density at radius 2 is 2.12 bits per heavy atom. The van der Waals surface area contributed by atoms with E-state index in [0.717, 1.165) is 31.0 Å². The highest BCUT2D eigenvalue weighted by atomic mass is 32.1. The van der Waals surface area contributed by atoms with Crippen LogP contribution < -0.4 is 4.74 Å². The van der Waals surface area contributed by atoms with Crippen LogP contribution in [0.15, 0.2) is 18.2 Å². The van der Waals surface area contributed by atoms with Crippen LogP contribution in [0.2, 0.25) is 0 Å². The molecule has 0 bridgehead atoms. The SMILES string of the molecule is COc1ccc(C)cc1CN(C)CCCS. The summed E-state index contributed by atoms with van der Waals surface area (Å²) in [7, 11) is 3.85. The molecule has 0 heterocycles. The Kier molecular flexibility index (Phi) is 5.71. The van der Waals surface area contributed by atoms with Crippen molar-refractivity contribution in [3.05, 3.63) is 29.3 Å². The zero-order valence-electron chi connectivity index (χ0n) is 10.4. The number of aryl methyl sites for hydroxylation is 1. The lowest BCUT2D eigenvalue weighted by molar-refractivity contribution is 0.319. The standard InChI is InChI=1S/C13H21NOS/c1-11-5-6-13(15-3)12(9-11)10-14(2)7-4-8-16/h5-6,9,16H,4,7-8,10H2,1-3H3. The lowest BCUT2D eigenvalue weighted by Crippen LogP contribution is -2.19. The molecule has 0 aliphatic rings. The Balaban J connectivity index is 2.67. The maximum absolute atomic E-state index is 5.36. The van der Waals surface area contributed by atoms with Gasteiger partial charge in [0, 0.05) is 12.1 Å². The summed E-state index contributed by atoms with van der Waals surface area (Å²) in [4.78, 5) is 2.30. The number of benzene rings is 1. The van der Waals surface area contributed by atoms with Gasteiger partial charge in [0.2, 0.25) is 0 Å². The molecule has 2 nitrogen and oxygen atoms in total. The van der Waals surface area contributed by atoms with Gasteiger partial charge in [-0.3, -0.25) is 0 Å². The lowest BCUT2D eigenvalue weighted by Gasteiger charge is -2.18. The van der Waals surface area contributed by atoms with Crippen molar-refractivity contribution in [3.63, 3.8) is 0 Å². The highest BCUT2D eigenvalue weighted by Gasteiger charge is 2.06. The van der Waals surface area contributed by atoms with Gasteiger partial charge in [-0.05, 0) is 38.8 Å². The summed E-state index contributed by atoms with van der Waals surface area (Å²) < 4.78 is 5.36. The number of thiol groups is 1. The monoisotopic (exact) mass is 239 g/mol. The summed E-state index contributed by atoms with van der Waals surface area (Å²) in [6, 6.07) is 6.31. The van der Waals surface area contributed by atoms with Gasteiger partial charge in [0.15, 0.2) is 0 Å². The van der Waals surface area contributed by atoms with E-state index < -0.39 is 0 Å². The number of rotatable bonds is 6. The van der Waals surface area contributed by atoms with Crippen molar-refractivity contribution < 1.29 is 4.74 Å². The smallest absolute Gasteiger partial charge is 0.123 e. The molecule has 3 heteroatoms. The van der Waals surface area contributed by atoms with Crippen LogP contribution in [0.5, 0.6) is 5.75 Å². The second-order valence-electron chi connectivity index (χ2n) is 4.13. The molecule has 0 amide bonds. The molecule has 0 aliphatic carbocycles. The van der Waals surface area contributed by atoms with Crippen LogP contribution in [0.3, 0.4) is 0 Å². The third-order valence-electron chi connectivity index (χ3n) is 2.57. The molecule has 16 heavy (non-hydrogen) atoms. The molecule has 0 fully saturated rings. The topological polar surface area (TPSA) is 12.5 Å². The highest BCUT2D eigenvalue weighted by Crippen LogP contribution is 2.20. The Bertz CT molecular complexity index is 328. The van der Waals surface area contributed by atoms with Crippen molar-refractivity contribution >= 4 is 12.6 Å². The average molecular weight is 239 g/mol. The van der Waals surface area contributed by atoms with Crippen molar-refractivity contribution in [1.29, 1.82) is 0 Å². The molecule has 0 radical (unpaired) electrons. The quantitative estimate of drug-likeness (QED) is 0.766. The second-order valence-corrected chi connectivity index (χ2v) is 4.58. The normalized spacial score (nSPS) is 10.8. The summed E-state index contributed by atoms with van der Waals surface area (Å²) in [5.74, 6) is 1.92. The minimum absolute atomic E-state index is 0.929. The molecule has 1 rings (SSSR count). The third-order valence-corrected chi connectivity index (χ3v) is 2.89. The molecule has 0 spiro atoms. The third kappa shape index (κ3) is 4.06. The summed E-state index contributed by atoms with van der Waals surface area (Å²) in [6.07, 6.45) is 1.12. The molecule has 90 valence electrons. The largest absolute Gasteiger partial charge is 0.496 e. The fourth-order valence-corrected chi connectivity index (χ4v) is 1.88.